The average Bonchev–Trinajstić information content (AvgIpc) is 2.14. The van der Waals surface area contributed by atoms with Gasteiger partial charge in [0.05, 0.1) is 34.2 Å². The van der Waals surface area contributed by atoms with E-state index in [1.165, 1.54) is 7.11 Å². The highest BCUT2D eigenvalue weighted by Gasteiger charge is 2.43. The highest BCUT2D eigenvalue weighted by Crippen LogP contribution is 2.25. The molecule has 1 aliphatic heterocycles. The van der Waals surface area contributed by atoms with E-state index in [0.29, 0.717) is 0 Å². The topological polar surface area (TPSA) is 55.8 Å². The number of carbonyl (C=O) groups is 1. The molecule has 0 aromatic rings. The molecule has 2 atom stereocenters. The zero-order chi connectivity index (χ0) is 12.4. The maximum absolute atomic E-state index is 11.2. The number of hydrogen-bond donors (Lipinski definition) is 1. The van der Waals surface area contributed by atoms with Crippen molar-refractivity contribution in [1.82, 2.24) is 0 Å². The molecule has 0 aliphatic carbocycles. The van der Waals surface area contributed by atoms with Crippen molar-refractivity contribution in [3.63, 3.8) is 0 Å². The molecule has 5 nitrogen and oxygen atoms in total. The minimum Gasteiger partial charge on any atom is -0.469 e. The van der Waals surface area contributed by atoms with Crippen molar-refractivity contribution in [2.45, 2.75) is 25.0 Å². The second kappa shape index (κ2) is 4.69. The molecule has 1 N–H and O–H groups in total. The van der Waals surface area contributed by atoms with Crippen molar-refractivity contribution in [2.75, 3.05) is 40.9 Å². The first-order valence-corrected chi connectivity index (χ1v) is 5.48. The summed E-state index contributed by atoms with van der Waals surface area (Å²) in [7, 11) is 5.51. The van der Waals surface area contributed by atoms with Crippen LogP contribution in [0.4, 0.5) is 0 Å². The van der Waals surface area contributed by atoms with E-state index in [1.54, 1.807) is 0 Å². The van der Waals surface area contributed by atoms with E-state index < -0.39 is 5.60 Å². The fourth-order valence-corrected chi connectivity index (χ4v) is 2.46. The minimum atomic E-state index is -0.569. The Morgan fingerprint density at radius 3 is 2.75 bits per heavy atom. The molecule has 0 amide bonds. The number of methoxy groups -OCH3 is 1. The van der Waals surface area contributed by atoms with Crippen LogP contribution in [0, 0.1) is 0 Å². The summed E-state index contributed by atoms with van der Waals surface area (Å²) in [5.41, 5.74) is -0.569. The van der Waals surface area contributed by atoms with Gasteiger partial charge in [-0.05, 0) is 6.92 Å². The van der Waals surface area contributed by atoms with E-state index in [4.69, 9.17) is 4.74 Å². The van der Waals surface area contributed by atoms with Gasteiger partial charge in [-0.25, -0.2) is 0 Å². The number of morpholine rings is 1. The van der Waals surface area contributed by atoms with Gasteiger partial charge in [0.15, 0.2) is 0 Å². The fraction of sp³-hybridized carbons (Fsp3) is 0.909. The Kier molecular flexibility index (Phi) is 3.93. The third-order valence-corrected chi connectivity index (χ3v) is 2.87. The molecule has 1 saturated heterocycles. The molecule has 1 aliphatic rings. The quantitative estimate of drug-likeness (QED) is 0.540. The van der Waals surface area contributed by atoms with Crippen LogP contribution in [0.2, 0.25) is 0 Å². The lowest BCUT2D eigenvalue weighted by atomic mass is 10.0. The van der Waals surface area contributed by atoms with Gasteiger partial charge in [0, 0.05) is 0 Å². The maximum atomic E-state index is 11.2. The summed E-state index contributed by atoms with van der Waals surface area (Å²) in [6, 6.07) is 0. The third-order valence-electron chi connectivity index (χ3n) is 2.87. The molecule has 1 heterocycles. The summed E-state index contributed by atoms with van der Waals surface area (Å²) in [4.78, 5) is 11.2. The molecule has 5 heteroatoms. The van der Waals surface area contributed by atoms with Gasteiger partial charge < -0.3 is 19.1 Å². The van der Waals surface area contributed by atoms with Crippen LogP contribution in [-0.4, -0.2) is 68.2 Å². The standard InChI is InChI=1S/C11H22NO4/c1-11(8-13)7-12(2,3)6-9(16-11)5-10(14)15-4/h9,13H,5-8H2,1-4H3/q+1/t9-,11+/m1/s1. The number of nitrogens with zero attached hydrogens (tertiary/aromatic N) is 1. The zero-order valence-corrected chi connectivity index (χ0v) is 10.5. The summed E-state index contributed by atoms with van der Waals surface area (Å²) in [5, 5.41) is 9.34. The van der Waals surface area contributed by atoms with Gasteiger partial charge in [0.2, 0.25) is 0 Å². The van der Waals surface area contributed by atoms with Crippen molar-refractivity contribution in [2.24, 2.45) is 0 Å². The lowest BCUT2D eigenvalue weighted by molar-refractivity contribution is -0.909. The van der Waals surface area contributed by atoms with Gasteiger partial charge >= 0.3 is 5.97 Å². The number of quaternary nitrogens is 1. The van der Waals surface area contributed by atoms with Gasteiger partial charge in [-0.1, -0.05) is 0 Å². The summed E-state index contributed by atoms with van der Waals surface area (Å²) in [5.74, 6) is -0.271. The molecule has 1 rings (SSSR count). The highest BCUT2D eigenvalue weighted by atomic mass is 16.5. The Balaban J connectivity index is 2.69. The molecule has 0 spiro atoms. The third kappa shape index (κ3) is 3.43. The molecule has 0 bridgehead atoms. The number of carbonyl (C=O) groups excluding carboxylic acids is 1. The smallest absolute Gasteiger partial charge is 0.308 e. The average molecular weight is 232 g/mol. The highest BCUT2D eigenvalue weighted by molar-refractivity contribution is 5.69. The summed E-state index contributed by atoms with van der Waals surface area (Å²) >= 11 is 0. The van der Waals surface area contributed by atoms with E-state index in [9.17, 15) is 9.90 Å². The number of hydrogen-bond acceptors (Lipinski definition) is 4. The van der Waals surface area contributed by atoms with Gasteiger partial charge in [0.1, 0.15) is 24.8 Å². The van der Waals surface area contributed by atoms with E-state index >= 15 is 0 Å². The number of esters is 1. The number of aliphatic hydroxyl groups excluding tert-OH is 1. The summed E-state index contributed by atoms with van der Waals surface area (Å²) in [6.07, 6.45) is 0.0571. The van der Waals surface area contributed by atoms with E-state index in [-0.39, 0.29) is 25.1 Å². The maximum Gasteiger partial charge on any atom is 0.308 e. The van der Waals surface area contributed by atoms with Crippen LogP contribution >= 0.6 is 0 Å². The van der Waals surface area contributed by atoms with Crippen LogP contribution in [0.15, 0.2) is 0 Å². The lowest BCUT2D eigenvalue weighted by Gasteiger charge is -2.46. The SMILES string of the molecule is COC(=O)C[C@@H]1C[N+](C)(C)C[C@@](C)(CO)O1. The van der Waals surface area contributed by atoms with Crippen molar-refractivity contribution >= 4 is 5.97 Å². The lowest BCUT2D eigenvalue weighted by Crippen LogP contribution is -2.62. The normalized spacial score (nSPS) is 33.4. The van der Waals surface area contributed by atoms with Crippen LogP contribution in [0.1, 0.15) is 13.3 Å². The molecule has 0 aromatic carbocycles. The number of ether oxygens (including phenoxy) is 2. The summed E-state index contributed by atoms with van der Waals surface area (Å²) < 4.78 is 11.1. The Morgan fingerprint density at radius 2 is 2.25 bits per heavy atom. The van der Waals surface area contributed by atoms with E-state index in [1.807, 2.05) is 6.92 Å². The van der Waals surface area contributed by atoms with Crippen molar-refractivity contribution in [3.8, 4) is 0 Å². The van der Waals surface area contributed by atoms with E-state index in [2.05, 4.69) is 18.8 Å². The van der Waals surface area contributed by atoms with Crippen molar-refractivity contribution < 1.29 is 23.9 Å². The molecule has 0 unspecified atom stereocenters. The number of rotatable bonds is 3. The molecule has 1 fully saturated rings. The number of likely N-dealkylation sites (N-methyl/N-ethyl adjacent to an activating group) is 1. The van der Waals surface area contributed by atoms with Crippen LogP contribution < -0.4 is 0 Å². The van der Waals surface area contributed by atoms with Gasteiger partial charge in [-0.15, -0.1) is 0 Å². The Labute approximate surface area is 96.5 Å². The van der Waals surface area contributed by atoms with Gasteiger partial charge in [0.25, 0.3) is 0 Å². The largest absolute Gasteiger partial charge is 0.469 e. The Bertz CT molecular complexity index is 267. The molecule has 94 valence electrons. The van der Waals surface area contributed by atoms with Crippen LogP contribution in [0.25, 0.3) is 0 Å². The van der Waals surface area contributed by atoms with Gasteiger partial charge in [-0.3, -0.25) is 4.79 Å². The summed E-state index contributed by atoms with van der Waals surface area (Å²) in [6.45, 7) is 3.33. The zero-order valence-electron chi connectivity index (χ0n) is 10.5. The van der Waals surface area contributed by atoms with Crippen LogP contribution in [0.3, 0.4) is 0 Å². The molecular weight excluding hydrogens is 210 g/mol. The molecule has 0 radical (unpaired) electrons. The molecular formula is C11H22NO4+. The predicted molar refractivity (Wildman–Crippen MR) is 58.8 cm³/mol. The van der Waals surface area contributed by atoms with Crippen LogP contribution in [-0.2, 0) is 14.3 Å². The van der Waals surface area contributed by atoms with Crippen LogP contribution in [0.5, 0.6) is 0 Å². The molecule has 0 aromatic heterocycles. The second-order valence-electron chi connectivity index (χ2n) is 5.40. The first kappa shape index (κ1) is 13.4. The predicted octanol–water partition coefficient (Wildman–Crippen LogP) is -0.224. The van der Waals surface area contributed by atoms with Crippen molar-refractivity contribution in [3.05, 3.63) is 0 Å². The van der Waals surface area contributed by atoms with Crippen molar-refractivity contribution in [1.29, 1.82) is 0 Å². The number of aliphatic hydroxyl groups is 1. The van der Waals surface area contributed by atoms with E-state index in [0.717, 1.165) is 17.6 Å². The van der Waals surface area contributed by atoms with Gasteiger partial charge in [-0.2, -0.15) is 0 Å². The first-order valence-electron chi connectivity index (χ1n) is 5.48. The fourth-order valence-electron chi connectivity index (χ4n) is 2.46. The first-order chi connectivity index (χ1) is 7.30. The second-order valence-corrected chi connectivity index (χ2v) is 5.40. The monoisotopic (exact) mass is 232 g/mol. The minimum absolute atomic E-state index is 0.0354. The molecule has 0 saturated carbocycles. The molecule has 16 heavy (non-hydrogen) atoms. The Hall–Kier alpha value is -0.650. The Morgan fingerprint density at radius 1 is 1.62 bits per heavy atom.